The van der Waals surface area contributed by atoms with Crippen LogP contribution in [0, 0.1) is 11.3 Å². The summed E-state index contributed by atoms with van der Waals surface area (Å²) in [6.07, 6.45) is 1.36. The monoisotopic (exact) mass is 389 g/mol. The maximum absolute atomic E-state index is 11.9. The van der Waals surface area contributed by atoms with Crippen LogP contribution in [0.1, 0.15) is 5.56 Å². The molecule has 0 heterocycles. The predicted octanol–water partition coefficient (Wildman–Crippen LogP) is 3.40. The molecule has 2 aromatic carbocycles. The number of anilines is 1. The lowest BCUT2D eigenvalue weighted by Crippen LogP contribution is -2.20. The molecule has 0 bridgehead atoms. The molecule has 132 valence electrons. The quantitative estimate of drug-likeness (QED) is 0.583. The normalized spacial score (nSPS) is 10.7. The molecule has 0 aromatic heterocycles. The molecule has 0 unspecified atom stereocenters. The molecule has 2 aromatic rings. The Morgan fingerprint density at radius 3 is 2.50 bits per heavy atom. The van der Waals surface area contributed by atoms with E-state index >= 15 is 0 Å². The van der Waals surface area contributed by atoms with Crippen LogP contribution in [-0.2, 0) is 9.59 Å². The molecular weight excluding hydrogens is 377 g/mol. The van der Waals surface area contributed by atoms with Gasteiger partial charge in [-0.3, -0.25) is 9.59 Å². The molecule has 0 radical (unpaired) electrons. The van der Waals surface area contributed by atoms with Gasteiger partial charge in [0.1, 0.15) is 17.4 Å². The van der Waals surface area contributed by atoms with Gasteiger partial charge in [0.15, 0.2) is 6.61 Å². The zero-order valence-electron chi connectivity index (χ0n) is 13.3. The second kappa shape index (κ2) is 8.90. The average molecular weight is 390 g/mol. The maximum Gasteiger partial charge on any atom is 0.262 e. The average Bonchev–Trinajstić information content (AvgIpc) is 2.61. The van der Waals surface area contributed by atoms with Gasteiger partial charge in [-0.1, -0.05) is 35.3 Å². The number of nitrogens with one attached hydrogen (secondary N) is 1. The van der Waals surface area contributed by atoms with Crippen molar-refractivity contribution in [2.75, 3.05) is 11.9 Å². The topological polar surface area (TPSA) is 105 Å². The summed E-state index contributed by atoms with van der Waals surface area (Å²) in [5.41, 5.74) is 5.91. The Labute approximate surface area is 159 Å². The highest BCUT2D eigenvalue weighted by Gasteiger charge is 2.08. The molecule has 26 heavy (non-hydrogen) atoms. The molecule has 0 aliphatic rings. The van der Waals surface area contributed by atoms with E-state index in [1.54, 1.807) is 42.5 Å². The van der Waals surface area contributed by atoms with E-state index in [9.17, 15) is 9.59 Å². The molecule has 8 heteroatoms. The third-order valence-electron chi connectivity index (χ3n) is 3.15. The van der Waals surface area contributed by atoms with E-state index in [1.165, 1.54) is 12.1 Å². The van der Waals surface area contributed by atoms with Crippen LogP contribution in [0.2, 0.25) is 10.0 Å². The Hall–Kier alpha value is -3.01. The second-order valence-electron chi connectivity index (χ2n) is 5.06. The third kappa shape index (κ3) is 5.52. The summed E-state index contributed by atoms with van der Waals surface area (Å²) < 4.78 is 5.38. The number of benzene rings is 2. The van der Waals surface area contributed by atoms with E-state index in [1.807, 2.05) is 0 Å². The highest BCUT2D eigenvalue weighted by Crippen LogP contribution is 2.25. The molecule has 2 amide bonds. The number of ether oxygens (including phenoxy) is 1. The van der Waals surface area contributed by atoms with E-state index < -0.39 is 11.8 Å². The lowest BCUT2D eigenvalue weighted by molar-refractivity contribution is -0.118. The van der Waals surface area contributed by atoms with Gasteiger partial charge in [0.05, 0.1) is 10.7 Å². The Balaban J connectivity index is 1.95. The standard InChI is InChI=1S/C18H13Cl2N3O3/c19-13-3-6-15(20)16(8-13)23-17(24)10-26-14-4-1-11(2-5-14)7-12(9-21)18(22)25/h1-8H,10H2,(H2,22,25)(H,23,24)/b12-7+. The Morgan fingerprint density at radius 2 is 1.88 bits per heavy atom. The summed E-state index contributed by atoms with van der Waals surface area (Å²) in [6, 6.07) is 12.9. The molecule has 0 atom stereocenters. The van der Waals surface area contributed by atoms with Gasteiger partial charge in [0.2, 0.25) is 0 Å². The number of primary amides is 1. The van der Waals surface area contributed by atoms with E-state index in [-0.39, 0.29) is 12.2 Å². The first-order valence-corrected chi connectivity index (χ1v) is 8.04. The van der Waals surface area contributed by atoms with E-state index in [2.05, 4.69) is 5.32 Å². The van der Waals surface area contributed by atoms with Crippen molar-refractivity contribution in [1.82, 2.24) is 0 Å². The number of nitrogens with two attached hydrogens (primary N) is 1. The Bertz CT molecular complexity index is 903. The van der Waals surface area contributed by atoms with Crippen molar-refractivity contribution in [2.45, 2.75) is 0 Å². The van der Waals surface area contributed by atoms with Gasteiger partial charge < -0.3 is 15.8 Å². The van der Waals surface area contributed by atoms with E-state index in [4.69, 9.17) is 38.9 Å². The summed E-state index contributed by atoms with van der Waals surface area (Å²) in [5.74, 6) is -0.769. The first-order valence-electron chi connectivity index (χ1n) is 7.28. The van der Waals surface area contributed by atoms with Gasteiger partial charge in [-0.25, -0.2) is 0 Å². The first kappa shape index (κ1) is 19.3. The maximum atomic E-state index is 11.9. The largest absolute Gasteiger partial charge is 0.484 e. The highest BCUT2D eigenvalue weighted by molar-refractivity contribution is 6.35. The number of rotatable bonds is 6. The third-order valence-corrected chi connectivity index (χ3v) is 3.71. The molecule has 0 aliphatic heterocycles. The number of halogens is 2. The summed E-state index contributed by atoms with van der Waals surface area (Å²) in [7, 11) is 0. The molecule has 0 spiro atoms. The van der Waals surface area contributed by atoms with Gasteiger partial charge in [-0.2, -0.15) is 5.26 Å². The minimum atomic E-state index is -0.802. The van der Waals surface area contributed by atoms with Crippen molar-refractivity contribution < 1.29 is 14.3 Å². The molecule has 2 rings (SSSR count). The number of carbonyl (C=O) groups is 2. The summed E-state index contributed by atoms with van der Waals surface area (Å²) in [6.45, 7) is -0.233. The number of nitriles is 1. The summed E-state index contributed by atoms with van der Waals surface area (Å²) >= 11 is 11.8. The second-order valence-corrected chi connectivity index (χ2v) is 5.91. The minimum Gasteiger partial charge on any atom is -0.484 e. The van der Waals surface area contributed by atoms with Crippen LogP contribution in [0.4, 0.5) is 5.69 Å². The van der Waals surface area contributed by atoms with Crippen LogP contribution in [0.3, 0.4) is 0 Å². The van der Waals surface area contributed by atoms with Crippen molar-refractivity contribution in [1.29, 1.82) is 5.26 Å². The van der Waals surface area contributed by atoms with Crippen molar-refractivity contribution in [3.63, 3.8) is 0 Å². The van der Waals surface area contributed by atoms with Crippen molar-refractivity contribution >= 4 is 46.8 Å². The van der Waals surface area contributed by atoms with Crippen LogP contribution >= 0.6 is 23.2 Å². The molecule has 3 N–H and O–H groups in total. The van der Waals surface area contributed by atoms with Crippen LogP contribution in [0.25, 0.3) is 6.08 Å². The number of carbonyl (C=O) groups excluding carboxylic acids is 2. The van der Waals surface area contributed by atoms with Crippen LogP contribution < -0.4 is 15.8 Å². The summed E-state index contributed by atoms with van der Waals surface area (Å²) in [5, 5.41) is 12.2. The number of amides is 2. The number of hydrogen-bond acceptors (Lipinski definition) is 4. The lowest BCUT2D eigenvalue weighted by atomic mass is 10.1. The minimum absolute atomic E-state index is 0.156. The molecule has 0 aliphatic carbocycles. The predicted molar refractivity (Wildman–Crippen MR) is 99.8 cm³/mol. The highest BCUT2D eigenvalue weighted by atomic mass is 35.5. The van der Waals surface area contributed by atoms with E-state index in [0.29, 0.717) is 27.0 Å². The van der Waals surface area contributed by atoms with Gasteiger partial charge in [-0.15, -0.1) is 0 Å². The molecule has 0 fully saturated rings. The van der Waals surface area contributed by atoms with Crippen LogP contribution in [0.15, 0.2) is 48.0 Å². The first-order chi connectivity index (χ1) is 12.4. The Morgan fingerprint density at radius 1 is 1.19 bits per heavy atom. The van der Waals surface area contributed by atoms with Crippen molar-refractivity contribution in [3.05, 3.63) is 63.6 Å². The molecule has 6 nitrogen and oxygen atoms in total. The zero-order chi connectivity index (χ0) is 19.1. The number of nitrogens with zero attached hydrogens (tertiary/aromatic N) is 1. The fourth-order valence-corrected chi connectivity index (χ4v) is 2.25. The number of hydrogen-bond donors (Lipinski definition) is 2. The lowest BCUT2D eigenvalue weighted by Gasteiger charge is -2.09. The molecular formula is C18H13Cl2N3O3. The van der Waals surface area contributed by atoms with Crippen molar-refractivity contribution in [2.24, 2.45) is 5.73 Å². The fourth-order valence-electron chi connectivity index (χ4n) is 1.91. The van der Waals surface area contributed by atoms with Gasteiger partial charge >= 0.3 is 0 Å². The SMILES string of the molecule is N#C/C(=C\c1ccc(OCC(=O)Nc2cc(Cl)ccc2Cl)cc1)C(N)=O. The summed E-state index contributed by atoms with van der Waals surface area (Å²) in [4.78, 5) is 23.0. The smallest absolute Gasteiger partial charge is 0.262 e. The van der Waals surface area contributed by atoms with Crippen molar-refractivity contribution in [3.8, 4) is 11.8 Å². The fraction of sp³-hybridized carbons (Fsp3) is 0.0556. The zero-order valence-corrected chi connectivity index (χ0v) is 14.8. The molecule has 0 saturated carbocycles. The Kier molecular flexibility index (Phi) is 6.61. The van der Waals surface area contributed by atoms with Crippen LogP contribution in [-0.4, -0.2) is 18.4 Å². The van der Waals surface area contributed by atoms with Gasteiger partial charge in [0.25, 0.3) is 11.8 Å². The van der Waals surface area contributed by atoms with E-state index in [0.717, 1.165) is 0 Å². The van der Waals surface area contributed by atoms with Crippen LogP contribution in [0.5, 0.6) is 5.75 Å². The molecule has 0 saturated heterocycles. The van der Waals surface area contributed by atoms with Gasteiger partial charge in [-0.05, 0) is 42.0 Å². The van der Waals surface area contributed by atoms with Gasteiger partial charge in [0, 0.05) is 5.02 Å².